The quantitative estimate of drug-likeness (QED) is 0.394. The van der Waals surface area contributed by atoms with Crippen LogP contribution in [0.5, 0.6) is 0 Å². The van der Waals surface area contributed by atoms with E-state index >= 15 is 0 Å². The molecule has 0 saturated carbocycles. The number of halogens is 4. The smallest absolute Gasteiger partial charge is 0.343 e. The van der Waals surface area contributed by atoms with E-state index in [0.29, 0.717) is 13.0 Å². The molecule has 0 N–H and O–H groups in total. The van der Waals surface area contributed by atoms with E-state index in [2.05, 4.69) is 11.3 Å². The Labute approximate surface area is 72.2 Å². The lowest BCUT2D eigenvalue weighted by molar-refractivity contribution is -0.202. The number of ether oxygens (including phenoxy) is 1. The number of hydrogen-bond donors (Lipinski definition) is 0. The molecule has 0 bridgehead atoms. The molecule has 0 aliphatic carbocycles. The molecular formula is C7H8F4O2. The summed E-state index contributed by atoms with van der Waals surface area (Å²) in [6.45, 7) is 3.62. The molecule has 2 nitrogen and oxygen atoms in total. The number of esters is 1. The largest absolute Gasteiger partial charge is 0.453 e. The lowest BCUT2D eigenvalue weighted by Gasteiger charge is -2.21. The highest BCUT2D eigenvalue weighted by atomic mass is 19.3. The standard InChI is InChI=1S/C7H8F4O2/c1-3-5(12)13-4(2)7(10,11)6(8)9/h3-4,6H,1H2,2H3. The first-order chi connectivity index (χ1) is 5.82. The summed E-state index contributed by atoms with van der Waals surface area (Å²) in [4.78, 5) is 10.4. The summed E-state index contributed by atoms with van der Waals surface area (Å²) in [5, 5.41) is 0. The molecule has 0 fully saturated rings. The molecule has 0 aliphatic rings. The minimum atomic E-state index is -4.33. The average molecular weight is 200 g/mol. The summed E-state index contributed by atoms with van der Waals surface area (Å²) in [5.74, 6) is -5.49. The molecule has 0 spiro atoms. The number of hydrogen-bond acceptors (Lipinski definition) is 2. The maximum absolute atomic E-state index is 12.4. The number of rotatable bonds is 4. The first kappa shape index (κ1) is 11.9. The van der Waals surface area contributed by atoms with Gasteiger partial charge in [-0.25, -0.2) is 13.6 Å². The van der Waals surface area contributed by atoms with Crippen LogP contribution in [-0.4, -0.2) is 24.4 Å². The lowest BCUT2D eigenvalue weighted by atomic mass is 10.2. The van der Waals surface area contributed by atoms with Crippen LogP contribution in [0.15, 0.2) is 12.7 Å². The monoisotopic (exact) mass is 200 g/mol. The van der Waals surface area contributed by atoms with Crippen molar-refractivity contribution >= 4 is 5.97 Å². The Hall–Kier alpha value is -1.07. The fourth-order valence-corrected chi connectivity index (χ4v) is 0.478. The third-order valence-corrected chi connectivity index (χ3v) is 1.29. The molecule has 0 saturated heterocycles. The van der Waals surface area contributed by atoms with Crippen LogP contribution in [-0.2, 0) is 9.53 Å². The van der Waals surface area contributed by atoms with E-state index in [9.17, 15) is 22.4 Å². The molecule has 0 heterocycles. The number of carbonyl (C=O) groups is 1. The summed E-state index contributed by atoms with van der Waals surface area (Å²) in [7, 11) is 0. The maximum Gasteiger partial charge on any atom is 0.343 e. The van der Waals surface area contributed by atoms with Gasteiger partial charge in [-0.1, -0.05) is 6.58 Å². The van der Waals surface area contributed by atoms with E-state index < -0.39 is 24.4 Å². The van der Waals surface area contributed by atoms with Gasteiger partial charge in [-0.3, -0.25) is 0 Å². The van der Waals surface area contributed by atoms with Crippen molar-refractivity contribution in [3.05, 3.63) is 12.7 Å². The highest BCUT2D eigenvalue weighted by molar-refractivity contribution is 5.81. The van der Waals surface area contributed by atoms with Crippen molar-refractivity contribution < 1.29 is 27.1 Å². The minimum absolute atomic E-state index is 0.623. The SMILES string of the molecule is C=CC(=O)OC(C)C(F)(F)C(F)F. The summed E-state index contributed by atoms with van der Waals surface area (Å²) in [5.41, 5.74) is 0. The van der Waals surface area contributed by atoms with Crippen molar-refractivity contribution in [1.29, 1.82) is 0 Å². The Morgan fingerprint density at radius 1 is 1.54 bits per heavy atom. The zero-order valence-corrected chi connectivity index (χ0v) is 6.77. The first-order valence-electron chi connectivity index (χ1n) is 3.31. The molecule has 0 aromatic rings. The van der Waals surface area contributed by atoms with Gasteiger partial charge in [-0.15, -0.1) is 0 Å². The molecule has 13 heavy (non-hydrogen) atoms. The van der Waals surface area contributed by atoms with Gasteiger partial charge in [0.25, 0.3) is 0 Å². The Morgan fingerprint density at radius 2 is 2.00 bits per heavy atom. The van der Waals surface area contributed by atoms with Crippen LogP contribution in [0.2, 0.25) is 0 Å². The topological polar surface area (TPSA) is 26.3 Å². The Balaban J connectivity index is 4.32. The molecular weight excluding hydrogens is 192 g/mol. The fraction of sp³-hybridized carbons (Fsp3) is 0.571. The van der Waals surface area contributed by atoms with E-state index in [1.807, 2.05) is 0 Å². The Morgan fingerprint density at radius 3 is 2.31 bits per heavy atom. The van der Waals surface area contributed by atoms with E-state index in [0.717, 1.165) is 0 Å². The molecule has 0 aliphatic heterocycles. The fourth-order valence-electron chi connectivity index (χ4n) is 0.478. The number of carbonyl (C=O) groups excluding carboxylic acids is 1. The van der Waals surface area contributed by atoms with Gasteiger partial charge in [-0.2, -0.15) is 8.78 Å². The van der Waals surface area contributed by atoms with Crippen LogP contribution in [0.1, 0.15) is 6.92 Å². The maximum atomic E-state index is 12.4. The van der Waals surface area contributed by atoms with E-state index in [-0.39, 0.29) is 0 Å². The molecule has 0 rings (SSSR count). The predicted molar refractivity (Wildman–Crippen MR) is 36.7 cm³/mol. The molecule has 0 aromatic heterocycles. The van der Waals surface area contributed by atoms with Gasteiger partial charge >= 0.3 is 18.3 Å². The predicted octanol–water partition coefficient (Wildman–Crippen LogP) is 2.00. The second-order valence-electron chi connectivity index (χ2n) is 2.26. The van der Waals surface area contributed by atoms with Crippen LogP contribution >= 0.6 is 0 Å². The number of alkyl halides is 4. The molecule has 0 aromatic carbocycles. The molecule has 6 heteroatoms. The average Bonchev–Trinajstić information content (AvgIpc) is 2.03. The van der Waals surface area contributed by atoms with Gasteiger partial charge in [0.15, 0.2) is 6.10 Å². The molecule has 1 atom stereocenters. The third kappa shape index (κ3) is 3.04. The third-order valence-electron chi connectivity index (χ3n) is 1.29. The van der Waals surface area contributed by atoms with Crippen molar-refractivity contribution in [2.75, 3.05) is 0 Å². The zero-order chi connectivity index (χ0) is 10.6. The van der Waals surface area contributed by atoms with Gasteiger partial charge < -0.3 is 4.74 Å². The van der Waals surface area contributed by atoms with E-state index in [1.165, 1.54) is 0 Å². The van der Waals surface area contributed by atoms with Crippen molar-refractivity contribution in [2.45, 2.75) is 25.4 Å². The lowest BCUT2D eigenvalue weighted by Crippen LogP contribution is -2.41. The van der Waals surface area contributed by atoms with Crippen LogP contribution in [0, 0.1) is 0 Å². The summed E-state index contributed by atoms with van der Waals surface area (Å²) >= 11 is 0. The van der Waals surface area contributed by atoms with Gasteiger partial charge in [0.1, 0.15) is 0 Å². The van der Waals surface area contributed by atoms with E-state index in [1.54, 1.807) is 0 Å². The summed E-state index contributed by atoms with van der Waals surface area (Å²) in [6, 6.07) is 0. The van der Waals surface area contributed by atoms with Crippen LogP contribution < -0.4 is 0 Å². The Kier molecular flexibility index (Phi) is 3.90. The second-order valence-corrected chi connectivity index (χ2v) is 2.26. The van der Waals surface area contributed by atoms with Gasteiger partial charge in [0.2, 0.25) is 0 Å². The van der Waals surface area contributed by atoms with Crippen molar-refractivity contribution in [3.8, 4) is 0 Å². The van der Waals surface area contributed by atoms with Gasteiger partial charge in [0, 0.05) is 6.08 Å². The van der Waals surface area contributed by atoms with Crippen molar-refractivity contribution in [2.24, 2.45) is 0 Å². The van der Waals surface area contributed by atoms with Gasteiger partial charge in [0.05, 0.1) is 0 Å². The highest BCUT2D eigenvalue weighted by Crippen LogP contribution is 2.28. The first-order valence-corrected chi connectivity index (χ1v) is 3.31. The Bertz CT molecular complexity index is 203. The van der Waals surface area contributed by atoms with Crippen LogP contribution in [0.25, 0.3) is 0 Å². The van der Waals surface area contributed by atoms with Gasteiger partial charge in [-0.05, 0) is 6.92 Å². The molecule has 0 amide bonds. The normalized spacial score (nSPS) is 14.0. The van der Waals surface area contributed by atoms with Crippen molar-refractivity contribution in [3.63, 3.8) is 0 Å². The summed E-state index contributed by atoms with van der Waals surface area (Å²) in [6.07, 6.45) is -5.41. The molecule has 0 radical (unpaired) electrons. The van der Waals surface area contributed by atoms with Crippen molar-refractivity contribution in [1.82, 2.24) is 0 Å². The molecule has 76 valence electrons. The summed E-state index contributed by atoms with van der Waals surface area (Å²) < 4.78 is 52.0. The second kappa shape index (κ2) is 4.25. The van der Waals surface area contributed by atoms with Crippen LogP contribution in [0.3, 0.4) is 0 Å². The van der Waals surface area contributed by atoms with Crippen LogP contribution in [0.4, 0.5) is 17.6 Å². The minimum Gasteiger partial charge on any atom is -0.453 e. The zero-order valence-electron chi connectivity index (χ0n) is 6.77. The highest BCUT2D eigenvalue weighted by Gasteiger charge is 2.48. The van der Waals surface area contributed by atoms with E-state index in [4.69, 9.17) is 0 Å². The molecule has 1 unspecified atom stereocenters.